The second kappa shape index (κ2) is 7.93. The predicted molar refractivity (Wildman–Crippen MR) is 100 cm³/mol. The number of aliphatic imine (C=N–C) groups is 1. The monoisotopic (exact) mass is 337 g/mol. The zero-order valence-electron chi connectivity index (χ0n) is 13.5. The molecule has 1 saturated heterocycles. The van der Waals surface area contributed by atoms with Gasteiger partial charge < -0.3 is 5.32 Å². The highest BCUT2D eigenvalue weighted by Crippen LogP contribution is 2.27. The molecule has 1 aromatic heterocycles. The number of aryl methyl sites for hydroxylation is 1. The van der Waals surface area contributed by atoms with Gasteiger partial charge in [-0.05, 0) is 60.5 Å². The van der Waals surface area contributed by atoms with Gasteiger partial charge in [0, 0.05) is 6.20 Å². The molecule has 4 nitrogen and oxygen atoms in total. The maximum Gasteiger partial charge on any atom is 0.264 e. The summed E-state index contributed by atoms with van der Waals surface area (Å²) >= 11 is 1.34. The molecule has 0 spiro atoms. The maximum absolute atomic E-state index is 12.0. The highest BCUT2D eigenvalue weighted by molar-refractivity contribution is 8.18. The van der Waals surface area contributed by atoms with Crippen molar-refractivity contribution >= 4 is 34.6 Å². The van der Waals surface area contributed by atoms with Crippen LogP contribution in [0.25, 0.3) is 6.08 Å². The third-order valence-electron chi connectivity index (χ3n) is 3.60. The SMILES string of the molecule is CCCCc1ccc(N=C2NC(=O)/C(=C/c3ccccn3)S2)cc1. The van der Waals surface area contributed by atoms with E-state index in [2.05, 4.69) is 34.3 Å². The lowest BCUT2D eigenvalue weighted by molar-refractivity contribution is -0.115. The fraction of sp³-hybridized carbons (Fsp3) is 0.211. The molecule has 1 fully saturated rings. The molecule has 5 heteroatoms. The lowest BCUT2D eigenvalue weighted by Crippen LogP contribution is -2.19. The Morgan fingerprint density at radius 1 is 1.21 bits per heavy atom. The average molecular weight is 337 g/mol. The summed E-state index contributed by atoms with van der Waals surface area (Å²) in [5.74, 6) is -0.135. The van der Waals surface area contributed by atoms with Crippen molar-refractivity contribution in [3.63, 3.8) is 0 Å². The normalized spacial score (nSPS) is 17.5. The number of amidine groups is 1. The fourth-order valence-corrected chi connectivity index (χ4v) is 3.14. The van der Waals surface area contributed by atoms with E-state index in [1.807, 2.05) is 30.3 Å². The second-order valence-electron chi connectivity index (χ2n) is 5.51. The van der Waals surface area contributed by atoms with Gasteiger partial charge in [0.2, 0.25) is 0 Å². The summed E-state index contributed by atoms with van der Waals surface area (Å²) in [6.07, 6.45) is 6.96. The summed E-state index contributed by atoms with van der Waals surface area (Å²) in [5, 5.41) is 3.40. The van der Waals surface area contributed by atoms with E-state index in [0.717, 1.165) is 17.8 Å². The number of nitrogens with zero attached hydrogens (tertiary/aromatic N) is 2. The van der Waals surface area contributed by atoms with E-state index in [4.69, 9.17) is 0 Å². The number of aromatic nitrogens is 1. The summed E-state index contributed by atoms with van der Waals surface area (Å²) in [6, 6.07) is 13.8. The van der Waals surface area contributed by atoms with Crippen LogP contribution in [-0.2, 0) is 11.2 Å². The Bertz CT molecular complexity index is 767. The number of carbonyl (C=O) groups is 1. The zero-order chi connectivity index (χ0) is 16.8. The summed E-state index contributed by atoms with van der Waals surface area (Å²) < 4.78 is 0. The molecule has 1 aromatic carbocycles. The van der Waals surface area contributed by atoms with Gasteiger partial charge in [0.25, 0.3) is 5.91 Å². The molecule has 1 N–H and O–H groups in total. The Kier molecular flexibility index (Phi) is 5.43. The Morgan fingerprint density at radius 3 is 2.75 bits per heavy atom. The van der Waals surface area contributed by atoms with Crippen LogP contribution in [0.3, 0.4) is 0 Å². The summed E-state index contributed by atoms with van der Waals surface area (Å²) in [4.78, 5) is 21.4. The minimum absolute atomic E-state index is 0.135. The first-order valence-corrected chi connectivity index (χ1v) is 8.86. The Labute approximate surface area is 146 Å². The second-order valence-corrected chi connectivity index (χ2v) is 6.54. The number of pyridine rings is 1. The van der Waals surface area contributed by atoms with Gasteiger partial charge in [0.05, 0.1) is 16.3 Å². The highest BCUT2D eigenvalue weighted by atomic mass is 32.2. The van der Waals surface area contributed by atoms with Crippen LogP contribution in [0.1, 0.15) is 31.0 Å². The van der Waals surface area contributed by atoms with Gasteiger partial charge in [0.1, 0.15) is 0 Å². The van der Waals surface area contributed by atoms with E-state index in [9.17, 15) is 4.79 Å². The number of thioether (sulfide) groups is 1. The van der Waals surface area contributed by atoms with Crippen LogP contribution in [0.2, 0.25) is 0 Å². The summed E-state index contributed by atoms with van der Waals surface area (Å²) in [7, 11) is 0. The van der Waals surface area contributed by atoms with Crippen molar-refractivity contribution < 1.29 is 4.79 Å². The molecular weight excluding hydrogens is 318 g/mol. The van der Waals surface area contributed by atoms with Crippen LogP contribution in [0, 0.1) is 0 Å². The zero-order valence-corrected chi connectivity index (χ0v) is 14.3. The van der Waals surface area contributed by atoms with Crippen molar-refractivity contribution in [2.45, 2.75) is 26.2 Å². The minimum atomic E-state index is -0.135. The smallest absolute Gasteiger partial charge is 0.264 e. The standard InChI is InChI=1S/C19H19N3OS/c1-2-3-6-14-8-10-15(11-9-14)21-19-22-18(23)17(24-19)13-16-7-4-5-12-20-16/h4-5,7-13H,2-3,6H2,1H3,(H,21,22,23)/b17-13-. The third-order valence-corrected chi connectivity index (χ3v) is 4.51. The van der Waals surface area contributed by atoms with Crippen molar-refractivity contribution in [1.82, 2.24) is 10.3 Å². The molecule has 0 aliphatic carbocycles. The number of hydrogen-bond acceptors (Lipinski definition) is 4. The van der Waals surface area contributed by atoms with Crippen molar-refractivity contribution in [2.24, 2.45) is 4.99 Å². The number of amides is 1. The van der Waals surface area contributed by atoms with Crippen LogP contribution in [0.4, 0.5) is 5.69 Å². The predicted octanol–water partition coefficient (Wildman–Crippen LogP) is 4.32. The number of hydrogen-bond donors (Lipinski definition) is 1. The van der Waals surface area contributed by atoms with Gasteiger partial charge in [0.15, 0.2) is 5.17 Å². The molecule has 1 aliphatic rings. The lowest BCUT2D eigenvalue weighted by atomic mass is 10.1. The van der Waals surface area contributed by atoms with E-state index >= 15 is 0 Å². The van der Waals surface area contributed by atoms with Crippen LogP contribution < -0.4 is 5.32 Å². The van der Waals surface area contributed by atoms with Gasteiger partial charge in [-0.25, -0.2) is 4.99 Å². The lowest BCUT2D eigenvalue weighted by Gasteiger charge is -2.01. The molecule has 0 atom stereocenters. The van der Waals surface area contributed by atoms with E-state index in [0.29, 0.717) is 10.1 Å². The third kappa shape index (κ3) is 4.32. The largest absolute Gasteiger partial charge is 0.300 e. The summed E-state index contributed by atoms with van der Waals surface area (Å²) in [6.45, 7) is 2.19. The molecule has 122 valence electrons. The number of carbonyl (C=O) groups excluding carboxylic acids is 1. The van der Waals surface area contributed by atoms with E-state index in [1.165, 1.54) is 30.2 Å². The molecule has 2 aromatic rings. The van der Waals surface area contributed by atoms with Crippen LogP contribution in [0.15, 0.2) is 58.6 Å². The van der Waals surface area contributed by atoms with Gasteiger partial charge >= 0.3 is 0 Å². The summed E-state index contributed by atoms with van der Waals surface area (Å²) in [5.41, 5.74) is 2.92. The first kappa shape index (κ1) is 16.5. The highest BCUT2D eigenvalue weighted by Gasteiger charge is 2.23. The quantitative estimate of drug-likeness (QED) is 0.827. The molecule has 1 amide bonds. The Balaban J connectivity index is 1.71. The van der Waals surface area contributed by atoms with Gasteiger partial charge in [-0.15, -0.1) is 0 Å². The molecule has 0 saturated carbocycles. The molecule has 1 aliphatic heterocycles. The number of rotatable bonds is 5. The van der Waals surface area contributed by atoms with Crippen molar-refractivity contribution in [1.29, 1.82) is 0 Å². The molecular formula is C19H19N3OS. The number of nitrogens with one attached hydrogen (secondary N) is 1. The molecule has 0 radical (unpaired) electrons. The maximum atomic E-state index is 12.0. The molecule has 2 heterocycles. The molecule has 0 bridgehead atoms. The van der Waals surface area contributed by atoms with E-state index < -0.39 is 0 Å². The van der Waals surface area contributed by atoms with Gasteiger partial charge in [-0.3, -0.25) is 9.78 Å². The van der Waals surface area contributed by atoms with Crippen LogP contribution in [-0.4, -0.2) is 16.1 Å². The van der Waals surface area contributed by atoms with Gasteiger partial charge in [-0.2, -0.15) is 0 Å². The topological polar surface area (TPSA) is 54.4 Å². The molecule has 0 unspecified atom stereocenters. The number of unbranched alkanes of at least 4 members (excludes halogenated alkanes) is 1. The fourth-order valence-electron chi connectivity index (χ4n) is 2.31. The number of benzene rings is 1. The van der Waals surface area contributed by atoms with Crippen molar-refractivity contribution in [3.05, 3.63) is 64.8 Å². The van der Waals surface area contributed by atoms with Crippen LogP contribution >= 0.6 is 11.8 Å². The first-order chi connectivity index (χ1) is 11.7. The average Bonchev–Trinajstić information content (AvgIpc) is 2.94. The van der Waals surface area contributed by atoms with E-state index in [1.54, 1.807) is 12.3 Å². The van der Waals surface area contributed by atoms with Crippen LogP contribution in [0.5, 0.6) is 0 Å². The van der Waals surface area contributed by atoms with Crippen molar-refractivity contribution in [2.75, 3.05) is 0 Å². The van der Waals surface area contributed by atoms with Gasteiger partial charge in [-0.1, -0.05) is 31.5 Å². The minimum Gasteiger partial charge on any atom is -0.300 e. The Morgan fingerprint density at radius 2 is 2.04 bits per heavy atom. The molecule has 3 rings (SSSR count). The first-order valence-electron chi connectivity index (χ1n) is 8.04. The molecule has 24 heavy (non-hydrogen) atoms. The Hall–Kier alpha value is -2.40. The van der Waals surface area contributed by atoms with Crippen molar-refractivity contribution in [3.8, 4) is 0 Å². The van der Waals surface area contributed by atoms with E-state index in [-0.39, 0.29) is 5.91 Å².